The smallest absolute Gasteiger partial charge is 0.326 e. The zero-order valence-corrected chi connectivity index (χ0v) is 19.2. The summed E-state index contributed by atoms with van der Waals surface area (Å²) in [7, 11) is 0. The number of phenolic OH excluding ortho intramolecular Hbond substituents is 1. The SMILES string of the molecule is CC(O)C(NC(=O)C(CS)NC(=O)C(N)CC(N)=O)C(=O)NC(Cc1ccc(O)cc1)C(=O)O. The quantitative estimate of drug-likeness (QED) is 0.125. The van der Waals surface area contributed by atoms with Crippen LogP contribution in [0.15, 0.2) is 24.3 Å². The van der Waals surface area contributed by atoms with Crippen LogP contribution in [0, 0.1) is 0 Å². The molecule has 0 heterocycles. The molecule has 0 aliphatic heterocycles. The van der Waals surface area contributed by atoms with Crippen molar-refractivity contribution in [1.82, 2.24) is 16.0 Å². The van der Waals surface area contributed by atoms with Crippen molar-refractivity contribution in [3.8, 4) is 5.75 Å². The second-order valence-corrected chi connectivity index (χ2v) is 7.88. The molecule has 10 N–H and O–H groups in total. The van der Waals surface area contributed by atoms with Crippen LogP contribution < -0.4 is 27.4 Å². The highest BCUT2D eigenvalue weighted by Crippen LogP contribution is 2.12. The van der Waals surface area contributed by atoms with Gasteiger partial charge in [0.2, 0.25) is 23.6 Å². The first-order valence-electron chi connectivity index (χ1n) is 10.1. The van der Waals surface area contributed by atoms with Crippen molar-refractivity contribution in [2.75, 3.05) is 5.75 Å². The zero-order valence-electron chi connectivity index (χ0n) is 18.3. The number of aliphatic hydroxyl groups is 1. The van der Waals surface area contributed by atoms with Gasteiger partial charge in [-0.15, -0.1) is 0 Å². The van der Waals surface area contributed by atoms with Crippen LogP contribution in [0.25, 0.3) is 0 Å². The molecule has 4 amide bonds. The van der Waals surface area contributed by atoms with Gasteiger partial charge in [0.15, 0.2) is 0 Å². The normalized spacial score (nSPS) is 15.2. The van der Waals surface area contributed by atoms with E-state index in [4.69, 9.17) is 11.5 Å². The third-order valence-electron chi connectivity index (χ3n) is 4.63. The third kappa shape index (κ3) is 9.25. The van der Waals surface area contributed by atoms with E-state index in [1.165, 1.54) is 31.2 Å². The summed E-state index contributed by atoms with van der Waals surface area (Å²) in [6, 6.07) is 0.125. The number of phenols is 1. The molecule has 5 unspecified atom stereocenters. The van der Waals surface area contributed by atoms with Gasteiger partial charge < -0.3 is 42.7 Å². The molecule has 0 spiro atoms. The van der Waals surface area contributed by atoms with Crippen molar-refractivity contribution in [2.45, 2.75) is 50.0 Å². The van der Waals surface area contributed by atoms with E-state index in [2.05, 4.69) is 28.6 Å². The molecule has 1 rings (SSSR count). The lowest BCUT2D eigenvalue weighted by Crippen LogP contribution is -2.60. The molecule has 0 radical (unpaired) electrons. The highest BCUT2D eigenvalue weighted by molar-refractivity contribution is 7.80. The van der Waals surface area contributed by atoms with Crippen LogP contribution in [-0.4, -0.2) is 80.9 Å². The minimum Gasteiger partial charge on any atom is -0.508 e. The summed E-state index contributed by atoms with van der Waals surface area (Å²) in [6.45, 7) is 1.21. The lowest BCUT2D eigenvalue weighted by atomic mass is 10.0. The Morgan fingerprint density at radius 1 is 0.971 bits per heavy atom. The molecule has 5 atom stereocenters. The van der Waals surface area contributed by atoms with Gasteiger partial charge in [0.05, 0.1) is 18.6 Å². The highest BCUT2D eigenvalue weighted by atomic mass is 32.1. The van der Waals surface area contributed by atoms with E-state index in [1.54, 1.807) is 0 Å². The lowest BCUT2D eigenvalue weighted by Gasteiger charge is -2.26. The van der Waals surface area contributed by atoms with E-state index in [0.717, 1.165) is 0 Å². The summed E-state index contributed by atoms with van der Waals surface area (Å²) in [5.74, 6) is -5.15. The molecule has 14 heteroatoms. The van der Waals surface area contributed by atoms with Crippen LogP contribution in [-0.2, 0) is 30.4 Å². The standard InChI is InChI=1S/C20H29N5O8S/c1-9(26)16(25-18(30)14(8-34)24-17(29)12(21)7-15(22)28)19(31)23-13(20(32)33)6-10-2-4-11(27)5-3-10/h2-5,9,12-14,16,26-27,34H,6-8,21H2,1H3,(H2,22,28)(H,23,31)(H,24,29)(H,25,30)(H,32,33). The summed E-state index contributed by atoms with van der Waals surface area (Å²) in [5, 5.41) is 35.6. The number of carboxylic acid groups (broad SMARTS) is 1. The van der Waals surface area contributed by atoms with E-state index < -0.39 is 66.3 Å². The number of aliphatic carboxylic acids is 1. The molecule has 0 bridgehead atoms. The molecule has 0 fully saturated rings. The number of benzene rings is 1. The van der Waals surface area contributed by atoms with Gasteiger partial charge in [0, 0.05) is 12.2 Å². The number of carbonyl (C=O) groups is 5. The molecule has 0 aliphatic carbocycles. The first-order valence-corrected chi connectivity index (χ1v) is 10.7. The first-order chi connectivity index (χ1) is 15.8. The number of thiol groups is 1. The number of nitrogens with one attached hydrogen (secondary N) is 3. The zero-order chi connectivity index (χ0) is 26.0. The average Bonchev–Trinajstić information content (AvgIpc) is 2.75. The molecule has 188 valence electrons. The van der Waals surface area contributed by atoms with E-state index in [-0.39, 0.29) is 17.9 Å². The van der Waals surface area contributed by atoms with Crippen LogP contribution in [0.3, 0.4) is 0 Å². The molecule has 0 aromatic heterocycles. The van der Waals surface area contributed by atoms with Crippen LogP contribution in [0.4, 0.5) is 0 Å². The predicted octanol–water partition coefficient (Wildman–Crippen LogP) is -3.01. The number of aromatic hydroxyl groups is 1. The Labute approximate surface area is 200 Å². The third-order valence-corrected chi connectivity index (χ3v) is 4.99. The molecule has 0 aliphatic rings. The fourth-order valence-electron chi connectivity index (χ4n) is 2.77. The summed E-state index contributed by atoms with van der Waals surface area (Å²) in [5.41, 5.74) is 11.0. The maximum atomic E-state index is 12.7. The van der Waals surface area contributed by atoms with Crippen LogP contribution >= 0.6 is 12.6 Å². The highest BCUT2D eigenvalue weighted by Gasteiger charge is 2.32. The molecule has 0 saturated carbocycles. The Bertz CT molecular complexity index is 895. The van der Waals surface area contributed by atoms with Crippen molar-refractivity contribution in [2.24, 2.45) is 11.5 Å². The number of primary amides is 1. The fraction of sp³-hybridized carbons (Fsp3) is 0.450. The number of aliphatic hydroxyl groups excluding tert-OH is 1. The van der Waals surface area contributed by atoms with Gasteiger partial charge in [-0.3, -0.25) is 19.2 Å². The molecule has 0 saturated heterocycles. The number of hydrogen-bond donors (Lipinski definition) is 9. The Balaban J connectivity index is 2.87. The minimum absolute atomic E-state index is 0.0158. The summed E-state index contributed by atoms with van der Waals surface area (Å²) in [6.07, 6.45) is -2.02. The first kappa shape index (κ1) is 28.7. The summed E-state index contributed by atoms with van der Waals surface area (Å²) in [4.78, 5) is 59.8. The average molecular weight is 500 g/mol. The fourth-order valence-corrected chi connectivity index (χ4v) is 3.03. The van der Waals surface area contributed by atoms with E-state index in [9.17, 15) is 39.3 Å². The molecule has 1 aromatic carbocycles. The van der Waals surface area contributed by atoms with Crippen molar-refractivity contribution in [1.29, 1.82) is 0 Å². The Morgan fingerprint density at radius 2 is 1.53 bits per heavy atom. The topological polar surface area (TPSA) is 234 Å². The maximum Gasteiger partial charge on any atom is 0.326 e. The van der Waals surface area contributed by atoms with Crippen LogP contribution in [0.5, 0.6) is 5.75 Å². The van der Waals surface area contributed by atoms with Crippen molar-refractivity contribution >= 4 is 42.2 Å². The maximum absolute atomic E-state index is 12.7. The van der Waals surface area contributed by atoms with Gasteiger partial charge in [-0.2, -0.15) is 12.6 Å². The molecule has 34 heavy (non-hydrogen) atoms. The van der Waals surface area contributed by atoms with Crippen molar-refractivity contribution in [3.63, 3.8) is 0 Å². The van der Waals surface area contributed by atoms with Crippen LogP contribution in [0.2, 0.25) is 0 Å². The van der Waals surface area contributed by atoms with Crippen molar-refractivity contribution in [3.05, 3.63) is 29.8 Å². The van der Waals surface area contributed by atoms with E-state index >= 15 is 0 Å². The van der Waals surface area contributed by atoms with Gasteiger partial charge in [0.1, 0.15) is 23.9 Å². The molecular formula is C20H29N5O8S. The van der Waals surface area contributed by atoms with E-state index in [1.807, 2.05) is 0 Å². The number of carbonyl (C=O) groups excluding carboxylic acids is 4. The van der Waals surface area contributed by atoms with Gasteiger partial charge in [0.25, 0.3) is 0 Å². The summed E-state index contributed by atoms with van der Waals surface area (Å²) >= 11 is 3.97. The largest absolute Gasteiger partial charge is 0.508 e. The van der Waals surface area contributed by atoms with E-state index in [0.29, 0.717) is 5.56 Å². The second-order valence-electron chi connectivity index (χ2n) is 7.52. The van der Waals surface area contributed by atoms with Gasteiger partial charge >= 0.3 is 5.97 Å². The molecule has 13 nitrogen and oxygen atoms in total. The van der Waals surface area contributed by atoms with Gasteiger partial charge in [-0.25, -0.2) is 4.79 Å². The van der Waals surface area contributed by atoms with Crippen molar-refractivity contribution < 1.29 is 39.3 Å². The number of carboxylic acids is 1. The number of amides is 4. The number of rotatable bonds is 13. The molecular weight excluding hydrogens is 470 g/mol. The van der Waals surface area contributed by atoms with Gasteiger partial charge in [-0.05, 0) is 24.6 Å². The Hall–Kier alpha value is -3.36. The number of hydrogen-bond acceptors (Lipinski definition) is 9. The number of nitrogens with two attached hydrogens (primary N) is 2. The van der Waals surface area contributed by atoms with Crippen LogP contribution in [0.1, 0.15) is 18.9 Å². The molecule has 1 aromatic rings. The lowest BCUT2D eigenvalue weighted by molar-refractivity contribution is -0.143. The Kier molecular flexibility index (Phi) is 11.3. The second kappa shape index (κ2) is 13.4. The predicted molar refractivity (Wildman–Crippen MR) is 123 cm³/mol. The minimum atomic E-state index is -1.56. The van der Waals surface area contributed by atoms with Gasteiger partial charge in [-0.1, -0.05) is 12.1 Å². The monoisotopic (exact) mass is 499 g/mol. The Morgan fingerprint density at radius 3 is 2.00 bits per heavy atom. The summed E-state index contributed by atoms with van der Waals surface area (Å²) < 4.78 is 0.